The Hall–Kier alpha value is -0.780. The molecule has 0 saturated carbocycles. The maximum atomic E-state index is 13.5. The maximum Gasteiger partial charge on any atom is 0.128 e. The van der Waals surface area contributed by atoms with E-state index in [0.717, 1.165) is 27.5 Å². The Balaban J connectivity index is 2.45. The highest BCUT2D eigenvalue weighted by molar-refractivity contribution is 9.10. The number of thiophene rings is 1. The van der Waals surface area contributed by atoms with Crippen LogP contribution in [0.25, 0.3) is 0 Å². The van der Waals surface area contributed by atoms with Crippen LogP contribution in [0.5, 0.6) is 0 Å². The maximum absolute atomic E-state index is 13.5. The first kappa shape index (κ1) is 11.7. The Morgan fingerprint density at radius 1 is 1.25 bits per heavy atom. The molecule has 0 aliphatic rings. The highest BCUT2D eigenvalue weighted by Gasteiger charge is 2.17. The Morgan fingerprint density at radius 3 is 2.62 bits per heavy atom. The summed E-state index contributed by atoms with van der Waals surface area (Å²) in [6.07, 6.45) is 0. The number of benzene rings is 1. The molecule has 1 aromatic carbocycles. The molecule has 1 nitrogen and oxygen atoms in total. The van der Waals surface area contributed by atoms with Crippen molar-refractivity contribution < 1.29 is 8.78 Å². The van der Waals surface area contributed by atoms with Gasteiger partial charge in [0.25, 0.3) is 0 Å². The van der Waals surface area contributed by atoms with Crippen LogP contribution < -0.4 is 5.73 Å². The predicted octanol–water partition coefficient (Wildman–Crippen LogP) is 3.84. The molecule has 16 heavy (non-hydrogen) atoms. The monoisotopic (exact) mass is 303 g/mol. The van der Waals surface area contributed by atoms with E-state index in [1.54, 1.807) is 0 Å². The van der Waals surface area contributed by atoms with E-state index in [9.17, 15) is 8.78 Å². The second kappa shape index (κ2) is 4.61. The molecule has 0 bridgehead atoms. The van der Waals surface area contributed by atoms with Crippen LogP contribution in [0.15, 0.2) is 34.1 Å². The van der Waals surface area contributed by atoms with Gasteiger partial charge in [-0.3, -0.25) is 0 Å². The van der Waals surface area contributed by atoms with Crippen LogP contribution >= 0.6 is 27.3 Å². The van der Waals surface area contributed by atoms with Gasteiger partial charge in [0.15, 0.2) is 0 Å². The number of rotatable bonds is 2. The summed E-state index contributed by atoms with van der Waals surface area (Å²) in [5.74, 6) is -0.978. The third kappa shape index (κ3) is 2.16. The van der Waals surface area contributed by atoms with Crippen molar-refractivity contribution in [2.45, 2.75) is 6.04 Å². The molecular formula is C11H8BrF2NS. The fraction of sp³-hybridized carbons (Fsp3) is 0.0909. The zero-order valence-electron chi connectivity index (χ0n) is 8.08. The fourth-order valence-corrected chi connectivity index (χ4v) is 3.06. The third-order valence-electron chi connectivity index (χ3n) is 2.22. The minimum atomic E-state index is -0.648. The Labute approximate surface area is 104 Å². The number of halogens is 3. The van der Waals surface area contributed by atoms with Crippen molar-refractivity contribution in [2.75, 3.05) is 0 Å². The normalized spacial score (nSPS) is 12.8. The van der Waals surface area contributed by atoms with E-state index in [1.165, 1.54) is 11.3 Å². The van der Waals surface area contributed by atoms with Gasteiger partial charge in [-0.25, -0.2) is 8.78 Å². The van der Waals surface area contributed by atoms with Gasteiger partial charge in [0.1, 0.15) is 11.6 Å². The van der Waals surface area contributed by atoms with Gasteiger partial charge in [0.2, 0.25) is 0 Å². The summed E-state index contributed by atoms with van der Waals surface area (Å²) in [5.41, 5.74) is 6.07. The average Bonchev–Trinajstić information content (AvgIpc) is 2.67. The lowest BCUT2D eigenvalue weighted by Gasteiger charge is -2.12. The molecule has 84 valence electrons. The van der Waals surface area contributed by atoms with Crippen molar-refractivity contribution in [1.82, 2.24) is 0 Å². The molecule has 5 heteroatoms. The zero-order chi connectivity index (χ0) is 11.7. The zero-order valence-corrected chi connectivity index (χ0v) is 10.5. The minimum Gasteiger partial charge on any atom is -0.319 e. The van der Waals surface area contributed by atoms with Crippen molar-refractivity contribution in [2.24, 2.45) is 5.73 Å². The van der Waals surface area contributed by atoms with Crippen molar-refractivity contribution in [3.8, 4) is 0 Å². The first-order chi connectivity index (χ1) is 7.59. The molecule has 1 atom stereocenters. The van der Waals surface area contributed by atoms with Gasteiger partial charge in [-0.1, -0.05) is 0 Å². The fourth-order valence-electron chi connectivity index (χ4n) is 1.42. The van der Waals surface area contributed by atoms with E-state index >= 15 is 0 Å². The quantitative estimate of drug-likeness (QED) is 0.896. The Morgan fingerprint density at radius 2 is 2.00 bits per heavy atom. The van der Waals surface area contributed by atoms with E-state index in [-0.39, 0.29) is 5.56 Å². The Bertz CT molecular complexity index is 512. The second-order valence-electron chi connectivity index (χ2n) is 3.28. The molecule has 0 saturated heterocycles. The molecule has 1 unspecified atom stereocenters. The predicted molar refractivity (Wildman–Crippen MR) is 64.4 cm³/mol. The number of nitrogens with two attached hydrogens (primary N) is 1. The summed E-state index contributed by atoms with van der Waals surface area (Å²) in [6.45, 7) is 0. The molecule has 0 amide bonds. The van der Waals surface area contributed by atoms with E-state index in [2.05, 4.69) is 15.9 Å². The molecule has 2 N–H and O–H groups in total. The molecule has 0 aliphatic carbocycles. The van der Waals surface area contributed by atoms with Crippen LogP contribution in [-0.2, 0) is 0 Å². The average molecular weight is 304 g/mol. The molecule has 1 heterocycles. The van der Waals surface area contributed by atoms with Gasteiger partial charge >= 0.3 is 0 Å². The van der Waals surface area contributed by atoms with Gasteiger partial charge in [-0.2, -0.15) is 0 Å². The largest absolute Gasteiger partial charge is 0.319 e. The van der Waals surface area contributed by atoms with Crippen LogP contribution in [0, 0.1) is 11.6 Å². The SMILES string of the molecule is NC(c1cc(F)ccc1F)c1sccc1Br. The summed E-state index contributed by atoms with van der Waals surface area (Å²) in [5, 5.41) is 1.84. The summed E-state index contributed by atoms with van der Waals surface area (Å²) >= 11 is 4.73. The third-order valence-corrected chi connectivity index (χ3v) is 4.17. The van der Waals surface area contributed by atoms with Crippen LogP contribution in [0.1, 0.15) is 16.5 Å². The molecule has 0 radical (unpaired) electrons. The van der Waals surface area contributed by atoms with Crippen LogP contribution in [0.4, 0.5) is 8.78 Å². The van der Waals surface area contributed by atoms with Crippen molar-refractivity contribution in [1.29, 1.82) is 0 Å². The van der Waals surface area contributed by atoms with Gasteiger partial charge in [-0.15, -0.1) is 11.3 Å². The first-order valence-electron chi connectivity index (χ1n) is 4.53. The second-order valence-corrected chi connectivity index (χ2v) is 5.08. The minimum absolute atomic E-state index is 0.170. The molecule has 2 aromatic rings. The van der Waals surface area contributed by atoms with Gasteiger partial charge < -0.3 is 5.73 Å². The molecule has 0 spiro atoms. The van der Waals surface area contributed by atoms with Gasteiger partial charge in [-0.05, 0) is 45.6 Å². The standard InChI is InChI=1S/C11H8BrF2NS/c12-8-3-4-16-11(8)10(15)7-5-6(13)1-2-9(7)14/h1-5,10H,15H2. The summed E-state index contributed by atoms with van der Waals surface area (Å²) in [6, 6.07) is 4.48. The molecule has 1 aromatic heterocycles. The van der Waals surface area contributed by atoms with E-state index < -0.39 is 17.7 Å². The van der Waals surface area contributed by atoms with E-state index in [0.29, 0.717) is 0 Å². The summed E-state index contributed by atoms with van der Waals surface area (Å²) in [4.78, 5) is 0.782. The molecule has 0 fully saturated rings. The van der Waals surface area contributed by atoms with E-state index in [4.69, 9.17) is 5.73 Å². The summed E-state index contributed by atoms with van der Waals surface area (Å²) < 4.78 is 27.3. The van der Waals surface area contributed by atoms with Crippen LogP contribution in [-0.4, -0.2) is 0 Å². The lowest BCUT2D eigenvalue weighted by Crippen LogP contribution is -2.13. The van der Waals surface area contributed by atoms with E-state index in [1.807, 2.05) is 11.4 Å². The highest BCUT2D eigenvalue weighted by atomic mass is 79.9. The van der Waals surface area contributed by atoms with Crippen molar-refractivity contribution in [3.05, 3.63) is 56.2 Å². The molecule has 2 rings (SSSR count). The molecular weight excluding hydrogens is 296 g/mol. The van der Waals surface area contributed by atoms with Crippen LogP contribution in [0.3, 0.4) is 0 Å². The van der Waals surface area contributed by atoms with Crippen molar-refractivity contribution in [3.63, 3.8) is 0 Å². The molecule has 0 aliphatic heterocycles. The Kier molecular flexibility index (Phi) is 3.37. The smallest absolute Gasteiger partial charge is 0.128 e. The van der Waals surface area contributed by atoms with Crippen molar-refractivity contribution >= 4 is 27.3 Å². The van der Waals surface area contributed by atoms with Crippen LogP contribution in [0.2, 0.25) is 0 Å². The topological polar surface area (TPSA) is 26.0 Å². The number of hydrogen-bond acceptors (Lipinski definition) is 2. The number of hydrogen-bond donors (Lipinski definition) is 1. The summed E-state index contributed by atoms with van der Waals surface area (Å²) in [7, 11) is 0. The lowest BCUT2D eigenvalue weighted by atomic mass is 10.1. The highest BCUT2D eigenvalue weighted by Crippen LogP contribution is 2.32. The van der Waals surface area contributed by atoms with Gasteiger partial charge in [0.05, 0.1) is 6.04 Å². The van der Waals surface area contributed by atoms with Gasteiger partial charge in [0, 0.05) is 14.9 Å². The first-order valence-corrected chi connectivity index (χ1v) is 6.20. The lowest BCUT2D eigenvalue weighted by molar-refractivity contribution is 0.577.